The molecule has 1 N–H and O–H groups in total. The molecular formula is C18H16N2O3. The van der Waals surface area contributed by atoms with Gasteiger partial charge in [-0.1, -0.05) is 6.07 Å². The number of pyridine rings is 1. The van der Waals surface area contributed by atoms with E-state index in [0.717, 1.165) is 10.9 Å². The zero-order valence-electron chi connectivity index (χ0n) is 12.9. The number of hydrogen-bond acceptors (Lipinski definition) is 4. The van der Waals surface area contributed by atoms with Crippen LogP contribution in [-0.2, 0) is 0 Å². The van der Waals surface area contributed by atoms with Gasteiger partial charge >= 0.3 is 0 Å². The summed E-state index contributed by atoms with van der Waals surface area (Å²) >= 11 is 0. The third kappa shape index (κ3) is 3.08. The van der Waals surface area contributed by atoms with E-state index < -0.39 is 0 Å². The van der Waals surface area contributed by atoms with Crippen molar-refractivity contribution in [3.05, 3.63) is 60.3 Å². The van der Waals surface area contributed by atoms with E-state index in [9.17, 15) is 4.79 Å². The average Bonchev–Trinajstić information content (AvgIpc) is 2.61. The summed E-state index contributed by atoms with van der Waals surface area (Å²) < 4.78 is 10.4. The number of benzene rings is 2. The van der Waals surface area contributed by atoms with Gasteiger partial charge in [-0.25, -0.2) is 0 Å². The van der Waals surface area contributed by atoms with Gasteiger partial charge in [-0.05, 0) is 36.4 Å². The van der Waals surface area contributed by atoms with Crippen molar-refractivity contribution in [3.8, 4) is 11.5 Å². The van der Waals surface area contributed by atoms with Gasteiger partial charge in [0.1, 0.15) is 11.5 Å². The molecule has 0 saturated carbocycles. The number of carbonyl (C=O) groups is 1. The normalized spacial score (nSPS) is 10.3. The Morgan fingerprint density at radius 2 is 1.74 bits per heavy atom. The van der Waals surface area contributed by atoms with E-state index in [1.165, 1.54) is 0 Å². The molecule has 0 spiro atoms. The smallest absolute Gasteiger partial charge is 0.255 e. The second-order valence-corrected chi connectivity index (χ2v) is 4.93. The summed E-state index contributed by atoms with van der Waals surface area (Å²) in [6, 6.07) is 14.4. The SMILES string of the molecule is COc1cc(OC)cc(C(=O)Nc2cccc3ncccc23)c1. The van der Waals surface area contributed by atoms with Crippen molar-refractivity contribution in [1.29, 1.82) is 0 Å². The summed E-state index contributed by atoms with van der Waals surface area (Å²) in [6.45, 7) is 0. The summed E-state index contributed by atoms with van der Waals surface area (Å²) in [5, 5.41) is 3.80. The van der Waals surface area contributed by atoms with E-state index in [1.807, 2.05) is 30.3 Å². The number of nitrogens with one attached hydrogen (secondary N) is 1. The van der Waals surface area contributed by atoms with Gasteiger partial charge in [0.05, 0.1) is 25.4 Å². The lowest BCUT2D eigenvalue weighted by molar-refractivity contribution is 0.102. The number of carbonyl (C=O) groups excluding carboxylic acids is 1. The third-order valence-corrected chi connectivity index (χ3v) is 3.51. The Kier molecular flexibility index (Phi) is 4.10. The predicted octanol–water partition coefficient (Wildman–Crippen LogP) is 3.50. The zero-order valence-corrected chi connectivity index (χ0v) is 12.9. The van der Waals surface area contributed by atoms with Crippen molar-refractivity contribution in [2.75, 3.05) is 19.5 Å². The van der Waals surface area contributed by atoms with Crippen LogP contribution in [-0.4, -0.2) is 25.1 Å². The fourth-order valence-electron chi connectivity index (χ4n) is 2.35. The molecule has 1 aromatic heterocycles. The molecule has 1 amide bonds. The Hall–Kier alpha value is -3.08. The Morgan fingerprint density at radius 3 is 2.43 bits per heavy atom. The fraction of sp³-hybridized carbons (Fsp3) is 0.111. The number of methoxy groups -OCH3 is 2. The first-order chi connectivity index (χ1) is 11.2. The number of nitrogens with zero attached hydrogens (tertiary/aromatic N) is 1. The number of amides is 1. The van der Waals surface area contributed by atoms with Crippen LogP contribution in [0.15, 0.2) is 54.7 Å². The topological polar surface area (TPSA) is 60.5 Å². The van der Waals surface area contributed by atoms with E-state index in [-0.39, 0.29) is 5.91 Å². The molecule has 0 aliphatic carbocycles. The number of hydrogen-bond donors (Lipinski definition) is 1. The van der Waals surface area contributed by atoms with Crippen LogP contribution in [0.1, 0.15) is 10.4 Å². The highest BCUT2D eigenvalue weighted by Gasteiger charge is 2.11. The minimum absolute atomic E-state index is 0.237. The van der Waals surface area contributed by atoms with Crippen molar-refractivity contribution in [3.63, 3.8) is 0 Å². The minimum atomic E-state index is -0.237. The van der Waals surface area contributed by atoms with E-state index in [4.69, 9.17) is 9.47 Å². The summed E-state index contributed by atoms with van der Waals surface area (Å²) in [4.78, 5) is 16.8. The quantitative estimate of drug-likeness (QED) is 0.801. The first-order valence-electron chi connectivity index (χ1n) is 7.09. The van der Waals surface area contributed by atoms with Crippen LogP contribution >= 0.6 is 0 Å². The first-order valence-corrected chi connectivity index (χ1v) is 7.09. The minimum Gasteiger partial charge on any atom is -0.497 e. The number of anilines is 1. The van der Waals surface area contributed by atoms with Gasteiger partial charge in [0.25, 0.3) is 5.91 Å². The maximum Gasteiger partial charge on any atom is 0.255 e. The van der Waals surface area contributed by atoms with Crippen molar-refractivity contribution in [2.45, 2.75) is 0 Å². The van der Waals surface area contributed by atoms with E-state index in [2.05, 4.69) is 10.3 Å². The number of ether oxygens (including phenoxy) is 2. The molecule has 116 valence electrons. The molecule has 3 rings (SSSR count). The standard InChI is InChI=1S/C18H16N2O3/c1-22-13-9-12(10-14(11-13)23-2)18(21)20-17-7-3-6-16-15(17)5-4-8-19-16/h3-11H,1-2H3,(H,20,21). The number of fused-ring (bicyclic) bond motifs is 1. The summed E-state index contributed by atoms with van der Waals surface area (Å²) in [5.74, 6) is 0.890. The summed E-state index contributed by atoms with van der Waals surface area (Å²) in [7, 11) is 3.10. The highest BCUT2D eigenvalue weighted by molar-refractivity contribution is 6.09. The molecular weight excluding hydrogens is 292 g/mol. The Bertz CT molecular complexity index is 834. The molecule has 1 heterocycles. The lowest BCUT2D eigenvalue weighted by Gasteiger charge is -2.10. The van der Waals surface area contributed by atoms with Crippen molar-refractivity contribution in [2.24, 2.45) is 0 Å². The van der Waals surface area contributed by atoms with Crippen LogP contribution in [0.2, 0.25) is 0 Å². The van der Waals surface area contributed by atoms with Gasteiger partial charge in [-0.3, -0.25) is 9.78 Å². The van der Waals surface area contributed by atoms with Crippen LogP contribution in [0.3, 0.4) is 0 Å². The van der Waals surface area contributed by atoms with Crippen molar-refractivity contribution >= 4 is 22.5 Å². The lowest BCUT2D eigenvalue weighted by Crippen LogP contribution is -2.12. The fourth-order valence-corrected chi connectivity index (χ4v) is 2.35. The van der Waals surface area contributed by atoms with Gasteiger partial charge in [-0.2, -0.15) is 0 Å². The Balaban J connectivity index is 1.95. The summed E-state index contributed by atoms with van der Waals surface area (Å²) in [6.07, 6.45) is 1.72. The highest BCUT2D eigenvalue weighted by atomic mass is 16.5. The molecule has 3 aromatic rings. The average molecular weight is 308 g/mol. The molecule has 0 saturated heterocycles. The van der Waals surface area contributed by atoms with E-state index in [1.54, 1.807) is 38.6 Å². The predicted molar refractivity (Wildman–Crippen MR) is 89.2 cm³/mol. The monoisotopic (exact) mass is 308 g/mol. The van der Waals surface area contributed by atoms with Crippen LogP contribution in [0, 0.1) is 0 Å². The van der Waals surface area contributed by atoms with Gasteiger partial charge in [-0.15, -0.1) is 0 Å². The molecule has 0 bridgehead atoms. The van der Waals surface area contributed by atoms with Crippen molar-refractivity contribution < 1.29 is 14.3 Å². The second kappa shape index (κ2) is 6.36. The van der Waals surface area contributed by atoms with Crippen LogP contribution < -0.4 is 14.8 Å². The van der Waals surface area contributed by atoms with Gasteiger partial charge < -0.3 is 14.8 Å². The van der Waals surface area contributed by atoms with E-state index >= 15 is 0 Å². The molecule has 5 nitrogen and oxygen atoms in total. The van der Waals surface area contributed by atoms with Gasteiger partial charge in [0.15, 0.2) is 0 Å². The molecule has 5 heteroatoms. The molecule has 0 atom stereocenters. The Labute approximate surface area is 133 Å². The maximum atomic E-state index is 12.6. The molecule has 0 radical (unpaired) electrons. The van der Waals surface area contributed by atoms with Gasteiger partial charge in [0, 0.05) is 23.2 Å². The molecule has 0 fully saturated rings. The summed E-state index contributed by atoms with van der Waals surface area (Å²) in [5.41, 5.74) is 2.00. The molecule has 2 aromatic carbocycles. The van der Waals surface area contributed by atoms with Crippen LogP contribution in [0.4, 0.5) is 5.69 Å². The van der Waals surface area contributed by atoms with Gasteiger partial charge in [0.2, 0.25) is 0 Å². The van der Waals surface area contributed by atoms with Crippen LogP contribution in [0.25, 0.3) is 10.9 Å². The second-order valence-electron chi connectivity index (χ2n) is 4.93. The number of aromatic nitrogens is 1. The molecule has 0 unspecified atom stereocenters. The molecule has 23 heavy (non-hydrogen) atoms. The molecule has 0 aliphatic heterocycles. The van der Waals surface area contributed by atoms with Crippen molar-refractivity contribution in [1.82, 2.24) is 4.98 Å². The Morgan fingerprint density at radius 1 is 1.00 bits per heavy atom. The van der Waals surface area contributed by atoms with E-state index in [0.29, 0.717) is 22.7 Å². The highest BCUT2D eigenvalue weighted by Crippen LogP contribution is 2.25. The largest absolute Gasteiger partial charge is 0.497 e. The van der Waals surface area contributed by atoms with Crippen LogP contribution in [0.5, 0.6) is 11.5 Å². The maximum absolute atomic E-state index is 12.6. The first kappa shape index (κ1) is 14.8. The third-order valence-electron chi connectivity index (χ3n) is 3.51. The number of rotatable bonds is 4. The zero-order chi connectivity index (χ0) is 16.2. The lowest BCUT2D eigenvalue weighted by atomic mass is 10.1. The molecule has 0 aliphatic rings.